The van der Waals surface area contributed by atoms with E-state index >= 15 is 0 Å². The number of hydrogen-bond acceptors (Lipinski definition) is 5. The van der Waals surface area contributed by atoms with Gasteiger partial charge in [-0.15, -0.1) is 10.2 Å². The van der Waals surface area contributed by atoms with E-state index in [0.717, 1.165) is 49.1 Å². The molecule has 6 nitrogen and oxygen atoms in total. The molecule has 0 bridgehead atoms. The van der Waals surface area contributed by atoms with Gasteiger partial charge in [0.2, 0.25) is 5.91 Å². The highest BCUT2D eigenvalue weighted by atomic mass is 32.2. The summed E-state index contributed by atoms with van der Waals surface area (Å²) < 4.78 is 1.93. The summed E-state index contributed by atoms with van der Waals surface area (Å²) in [7, 11) is 3.69. The Labute approximate surface area is 170 Å². The van der Waals surface area contributed by atoms with Gasteiger partial charge >= 0.3 is 0 Å². The van der Waals surface area contributed by atoms with Crippen LogP contribution < -0.4 is 0 Å². The Kier molecular flexibility index (Phi) is 6.09. The topological polar surface area (TPSA) is 74.8 Å². The van der Waals surface area contributed by atoms with E-state index in [1.165, 1.54) is 11.8 Å². The lowest BCUT2D eigenvalue weighted by Crippen LogP contribution is -2.52. The second-order valence-electron chi connectivity index (χ2n) is 7.54. The van der Waals surface area contributed by atoms with E-state index in [-0.39, 0.29) is 11.2 Å². The Morgan fingerprint density at radius 3 is 2.61 bits per heavy atom. The first-order chi connectivity index (χ1) is 13.4. The number of aromatic nitrogens is 3. The quantitative estimate of drug-likeness (QED) is 0.714. The van der Waals surface area contributed by atoms with E-state index < -0.39 is 5.54 Å². The molecule has 7 heteroatoms. The van der Waals surface area contributed by atoms with Gasteiger partial charge in [0.1, 0.15) is 5.54 Å². The fourth-order valence-electron chi connectivity index (χ4n) is 3.83. The predicted octanol–water partition coefficient (Wildman–Crippen LogP) is 3.96. The summed E-state index contributed by atoms with van der Waals surface area (Å²) in [6.07, 6.45) is 4.64. The van der Waals surface area contributed by atoms with E-state index in [1.54, 1.807) is 11.9 Å². The second kappa shape index (κ2) is 8.36. The minimum absolute atomic E-state index is 0.0334. The van der Waals surface area contributed by atoms with Crippen molar-refractivity contribution in [3.05, 3.63) is 29.8 Å². The molecule has 1 aliphatic rings. The summed E-state index contributed by atoms with van der Waals surface area (Å²) in [6.45, 7) is 3.92. The maximum absolute atomic E-state index is 13.0. The van der Waals surface area contributed by atoms with Crippen molar-refractivity contribution in [3.63, 3.8) is 0 Å². The van der Waals surface area contributed by atoms with Crippen molar-refractivity contribution in [1.82, 2.24) is 19.7 Å². The Bertz CT molecular complexity index is 894. The van der Waals surface area contributed by atoms with Crippen LogP contribution in [0.2, 0.25) is 0 Å². The third-order valence-electron chi connectivity index (χ3n) is 5.71. The molecule has 1 aromatic heterocycles. The summed E-state index contributed by atoms with van der Waals surface area (Å²) >= 11 is 1.39. The normalized spacial score (nSPS) is 17.0. The number of carbonyl (C=O) groups excluding carboxylic acids is 1. The zero-order valence-corrected chi connectivity index (χ0v) is 17.8. The van der Waals surface area contributed by atoms with Crippen molar-refractivity contribution in [2.45, 2.75) is 61.9 Å². The van der Waals surface area contributed by atoms with Gasteiger partial charge in [-0.3, -0.25) is 4.79 Å². The molecule has 1 aliphatic carbocycles. The Hall–Kier alpha value is -2.33. The molecular formula is C21H27N5OS. The van der Waals surface area contributed by atoms with Crippen molar-refractivity contribution in [2.24, 2.45) is 7.05 Å². The summed E-state index contributed by atoms with van der Waals surface area (Å²) in [5.74, 6) is 0.753. The number of benzene rings is 1. The van der Waals surface area contributed by atoms with Crippen molar-refractivity contribution in [1.29, 1.82) is 5.26 Å². The average molecular weight is 398 g/mol. The minimum atomic E-state index is -0.670. The Balaban J connectivity index is 1.76. The monoisotopic (exact) mass is 397 g/mol. The van der Waals surface area contributed by atoms with E-state index in [2.05, 4.69) is 16.3 Å². The molecule has 0 saturated heterocycles. The number of nitrogens with zero attached hydrogens (tertiary/aromatic N) is 5. The zero-order chi connectivity index (χ0) is 20.3. The highest BCUT2D eigenvalue weighted by molar-refractivity contribution is 8.00. The van der Waals surface area contributed by atoms with Gasteiger partial charge in [0, 0.05) is 19.7 Å². The molecule has 28 heavy (non-hydrogen) atoms. The molecule has 0 aliphatic heterocycles. The highest BCUT2D eigenvalue weighted by Gasteiger charge is 2.40. The molecule has 148 valence electrons. The lowest BCUT2D eigenvalue weighted by Gasteiger charge is -2.40. The molecule has 1 aromatic carbocycles. The van der Waals surface area contributed by atoms with Gasteiger partial charge in [-0.2, -0.15) is 5.26 Å². The molecule has 0 N–H and O–H groups in total. The van der Waals surface area contributed by atoms with Crippen LogP contribution in [0.3, 0.4) is 0 Å². The molecule has 0 unspecified atom stereocenters. The first kappa shape index (κ1) is 20.4. The van der Waals surface area contributed by atoms with Gasteiger partial charge < -0.3 is 9.47 Å². The lowest BCUT2D eigenvalue weighted by molar-refractivity contribution is -0.133. The first-order valence-corrected chi connectivity index (χ1v) is 10.6. The second-order valence-corrected chi connectivity index (χ2v) is 8.85. The summed E-state index contributed by atoms with van der Waals surface area (Å²) in [5.41, 5.74) is 1.49. The lowest BCUT2D eigenvalue weighted by atomic mass is 9.81. The standard InChI is InChI=1S/C21H27N5OS/c1-15-10-6-7-11-17(15)18-23-24-20(25(18)3)28-16(2)19(27)26(4)21(14-22)12-8-5-9-13-21/h6-7,10-11,16H,5,8-9,12-13H2,1-4H3/t16-/m0/s1. The molecule has 3 rings (SSSR count). The van der Waals surface area contributed by atoms with Crippen LogP contribution in [0, 0.1) is 18.3 Å². The minimum Gasteiger partial charge on any atom is -0.326 e. The summed E-state index contributed by atoms with van der Waals surface area (Å²) in [6, 6.07) is 10.5. The molecule has 1 heterocycles. The molecule has 1 fully saturated rings. The number of rotatable bonds is 5. The fraction of sp³-hybridized carbons (Fsp3) is 0.524. The van der Waals surface area contributed by atoms with Gasteiger partial charge in [-0.25, -0.2) is 0 Å². The van der Waals surface area contributed by atoms with Crippen LogP contribution in [0.1, 0.15) is 44.6 Å². The fourth-order valence-corrected chi connectivity index (χ4v) is 4.73. The maximum atomic E-state index is 13.0. The van der Waals surface area contributed by atoms with E-state index in [4.69, 9.17) is 0 Å². The van der Waals surface area contributed by atoms with Gasteiger partial charge in [0.15, 0.2) is 11.0 Å². The predicted molar refractivity (Wildman–Crippen MR) is 111 cm³/mol. The van der Waals surface area contributed by atoms with E-state index in [9.17, 15) is 10.1 Å². The molecule has 0 spiro atoms. The number of amides is 1. The summed E-state index contributed by atoms with van der Waals surface area (Å²) in [5, 5.41) is 18.8. The smallest absolute Gasteiger partial charge is 0.236 e. The summed E-state index contributed by atoms with van der Waals surface area (Å²) in [4.78, 5) is 14.7. The average Bonchev–Trinajstić information content (AvgIpc) is 3.07. The third kappa shape index (κ3) is 3.79. The van der Waals surface area contributed by atoms with Gasteiger partial charge in [-0.1, -0.05) is 55.3 Å². The SMILES string of the molecule is Cc1ccccc1-c1nnc(S[C@@H](C)C(=O)N(C)C2(C#N)CCCCC2)n1C. The zero-order valence-electron chi connectivity index (χ0n) is 17.0. The van der Waals surface area contributed by atoms with Crippen molar-refractivity contribution in [2.75, 3.05) is 7.05 Å². The first-order valence-electron chi connectivity index (χ1n) is 9.70. The molecular weight excluding hydrogens is 370 g/mol. The van der Waals surface area contributed by atoms with Crippen LogP contribution in [0.5, 0.6) is 0 Å². The molecule has 1 amide bonds. The van der Waals surface area contributed by atoms with Crippen molar-refractivity contribution in [3.8, 4) is 17.5 Å². The van der Waals surface area contributed by atoms with Crippen LogP contribution in [0.25, 0.3) is 11.4 Å². The Morgan fingerprint density at radius 2 is 1.96 bits per heavy atom. The van der Waals surface area contributed by atoms with E-state index in [1.807, 2.05) is 49.7 Å². The van der Waals surface area contributed by atoms with Crippen LogP contribution >= 0.6 is 11.8 Å². The highest BCUT2D eigenvalue weighted by Crippen LogP contribution is 2.34. The third-order valence-corrected chi connectivity index (χ3v) is 6.83. The van der Waals surface area contributed by atoms with Crippen molar-refractivity contribution < 1.29 is 4.79 Å². The van der Waals surface area contributed by atoms with Gasteiger partial charge in [0.25, 0.3) is 0 Å². The number of hydrogen-bond donors (Lipinski definition) is 0. The largest absolute Gasteiger partial charge is 0.326 e. The van der Waals surface area contributed by atoms with Crippen molar-refractivity contribution >= 4 is 17.7 Å². The number of aryl methyl sites for hydroxylation is 1. The maximum Gasteiger partial charge on any atom is 0.236 e. The van der Waals surface area contributed by atoms with Crippen LogP contribution in [0.15, 0.2) is 29.4 Å². The molecule has 0 radical (unpaired) electrons. The molecule has 1 saturated carbocycles. The molecule has 2 aromatic rings. The Morgan fingerprint density at radius 1 is 1.29 bits per heavy atom. The van der Waals surface area contributed by atoms with Crippen LogP contribution in [-0.4, -0.2) is 43.4 Å². The van der Waals surface area contributed by atoms with Gasteiger partial charge in [-0.05, 0) is 32.3 Å². The number of thioether (sulfide) groups is 1. The number of carbonyl (C=O) groups is 1. The van der Waals surface area contributed by atoms with E-state index in [0.29, 0.717) is 5.16 Å². The molecule has 1 atom stereocenters. The van der Waals surface area contributed by atoms with Gasteiger partial charge in [0.05, 0.1) is 11.3 Å². The number of nitriles is 1. The van der Waals surface area contributed by atoms with Crippen LogP contribution in [-0.2, 0) is 11.8 Å². The van der Waals surface area contributed by atoms with Crippen LogP contribution in [0.4, 0.5) is 0 Å².